The van der Waals surface area contributed by atoms with E-state index < -0.39 is 4.92 Å². The molecule has 0 amide bonds. The predicted octanol–water partition coefficient (Wildman–Crippen LogP) is 1.91. The molecule has 1 heterocycles. The first-order valence-corrected chi connectivity index (χ1v) is 5.52. The van der Waals surface area contributed by atoms with Crippen molar-refractivity contribution in [2.75, 3.05) is 5.73 Å². The van der Waals surface area contributed by atoms with Gasteiger partial charge in [-0.2, -0.15) is 0 Å². The molecule has 0 radical (unpaired) electrons. The molecule has 1 aromatic heterocycles. The number of nitro groups is 1. The maximum atomic E-state index is 11.1. The van der Waals surface area contributed by atoms with Crippen LogP contribution in [0.15, 0.2) is 42.5 Å². The molecule has 0 saturated carbocycles. The molecule has 0 saturated heterocycles. The summed E-state index contributed by atoms with van der Waals surface area (Å²) in [6, 6.07) is 12.0. The quantitative estimate of drug-likeness (QED) is 0.428. The minimum Gasteiger partial charge on any atom is -0.393 e. The maximum Gasteiger partial charge on any atom is 0.317 e. The number of hydrogen-bond acceptors (Lipinski definition) is 5. The number of hydrogen-bond donors (Lipinski definition) is 1. The number of para-hydroxylation sites is 2. The number of anilines is 1. The first-order valence-electron chi connectivity index (χ1n) is 5.52. The molecule has 0 atom stereocenters. The highest BCUT2D eigenvalue weighted by molar-refractivity contribution is 5.79. The summed E-state index contributed by atoms with van der Waals surface area (Å²) in [4.78, 5) is 10.6. The van der Waals surface area contributed by atoms with E-state index in [0.29, 0.717) is 16.7 Å². The van der Waals surface area contributed by atoms with Crippen LogP contribution >= 0.6 is 0 Å². The van der Waals surface area contributed by atoms with Crippen LogP contribution < -0.4 is 5.73 Å². The summed E-state index contributed by atoms with van der Waals surface area (Å²) in [5.74, 6) is 0. The Morgan fingerprint density at radius 1 is 1.16 bits per heavy atom. The molecule has 0 unspecified atom stereocenters. The summed E-state index contributed by atoms with van der Waals surface area (Å²) in [7, 11) is 0. The number of nitrogen functional groups attached to an aromatic ring is 1. The molecule has 19 heavy (non-hydrogen) atoms. The third-order valence-corrected chi connectivity index (χ3v) is 2.81. The fourth-order valence-electron chi connectivity index (χ4n) is 1.97. The van der Waals surface area contributed by atoms with Gasteiger partial charge in [-0.25, -0.2) is 4.68 Å². The van der Waals surface area contributed by atoms with Crippen molar-refractivity contribution in [1.82, 2.24) is 15.0 Å². The van der Waals surface area contributed by atoms with Gasteiger partial charge in [0, 0.05) is 0 Å². The highest BCUT2D eigenvalue weighted by atomic mass is 16.6. The lowest BCUT2D eigenvalue weighted by atomic mass is 10.2. The Bertz CT molecular complexity index is 781. The molecule has 3 aromatic rings. The number of benzene rings is 2. The molecular weight excluding hydrogens is 246 g/mol. The van der Waals surface area contributed by atoms with Crippen molar-refractivity contribution in [3.8, 4) is 5.69 Å². The first kappa shape index (κ1) is 11.1. The third-order valence-electron chi connectivity index (χ3n) is 2.81. The van der Waals surface area contributed by atoms with Gasteiger partial charge in [0.1, 0.15) is 16.9 Å². The molecule has 7 heteroatoms. The van der Waals surface area contributed by atoms with E-state index in [-0.39, 0.29) is 11.4 Å². The number of fused-ring (bicyclic) bond motifs is 1. The van der Waals surface area contributed by atoms with Crippen LogP contribution in [0.3, 0.4) is 0 Å². The largest absolute Gasteiger partial charge is 0.393 e. The van der Waals surface area contributed by atoms with Gasteiger partial charge >= 0.3 is 5.69 Å². The van der Waals surface area contributed by atoms with Crippen LogP contribution in [0.5, 0.6) is 0 Å². The molecule has 2 N–H and O–H groups in total. The standard InChI is InChI=1S/C12H9N5O2/c13-8-4-3-7-11(12(8)17(18)19)16-10-6-2-1-5-9(10)14-15-16/h1-7H,13H2. The van der Waals surface area contributed by atoms with Gasteiger partial charge in [0.25, 0.3) is 0 Å². The Morgan fingerprint density at radius 3 is 2.74 bits per heavy atom. The van der Waals surface area contributed by atoms with Crippen LogP contribution in [0.25, 0.3) is 16.7 Å². The van der Waals surface area contributed by atoms with E-state index in [1.165, 1.54) is 10.7 Å². The fraction of sp³-hybridized carbons (Fsp3) is 0. The average Bonchev–Trinajstić information content (AvgIpc) is 2.81. The van der Waals surface area contributed by atoms with Crippen LogP contribution in [0, 0.1) is 10.1 Å². The molecule has 7 nitrogen and oxygen atoms in total. The third kappa shape index (κ3) is 1.68. The Morgan fingerprint density at radius 2 is 1.95 bits per heavy atom. The van der Waals surface area contributed by atoms with Gasteiger partial charge in [-0.05, 0) is 24.3 Å². The molecule has 0 aliphatic rings. The van der Waals surface area contributed by atoms with Crippen molar-refractivity contribution in [1.29, 1.82) is 0 Å². The highest BCUT2D eigenvalue weighted by Gasteiger charge is 2.21. The van der Waals surface area contributed by atoms with Gasteiger partial charge < -0.3 is 5.73 Å². The normalized spacial score (nSPS) is 10.7. The van der Waals surface area contributed by atoms with Gasteiger partial charge in [-0.15, -0.1) is 5.10 Å². The second-order valence-corrected chi connectivity index (χ2v) is 3.96. The highest BCUT2D eigenvalue weighted by Crippen LogP contribution is 2.30. The van der Waals surface area contributed by atoms with E-state index >= 15 is 0 Å². The lowest BCUT2D eigenvalue weighted by Gasteiger charge is -2.05. The molecule has 3 rings (SSSR count). The summed E-state index contributed by atoms with van der Waals surface area (Å²) < 4.78 is 1.42. The van der Waals surface area contributed by atoms with Crippen molar-refractivity contribution in [2.24, 2.45) is 0 Å². The first-order chi connectivity index (χ1) is 9.18. The minimum absolute atomic E-state index is 0.0991. The van der Waals surface area contributed by atoms with E-state index in [1.807, 2.05) is 12.1 Å². The number of nitrogens with two attached hydrogens (primary N) is 1. The van der Waals surface area contributed by atoms with Crippen molar-refractivity contribution in [3.63, 3.8) is 0 Å². The number of nitrogens with zero attached hydrogens (tertiary/aromatic N) is 4. The van der Waals surface area contributed by atoms with Gasteiger partial charge in [0.05, 0.1) is 10.4 Å². The van der Waals surface area contributed by atoms with Crippen LogP contribution in [0.4, 0.5) is 11.4 Å². The fourth-order valence-corrected chi connectivity index (χ4v) is 1.97. The molecule has 0 bridgehead atoms. The zero-order valence-corrected chi connectivity index (χ0v) is 9.72. The van der Waals surface area contributed by atoms with Crippen LogP contribution in [-0.2, 0) is 0 Å². The lowest BCUT2D eigenvalue weighted by molar-refractivity contribution is -0.383. The van der Waals surface area contributed by atoms with Gasteiger partial charge in [-0.3, -0.25) is 10.1 Å². The predicted molar refractivity (Wildman–Crippen MR) is 69.9 cm³/mol. The number of rotatable bonds is 2. The summed E-state index contributed by atoms with van der Waals surface area (Å²) in [5.41, 5.74) is 7.26. The van der Waals surface area contributed by atoms with Gasteiger partial charge in [-0.1, -0.05) is 23.4 Å². The second kappa shape index (κ2) is 4.05. The van der Waals surface area contributed by atoms with E-state index in [4.69, 9.17) is 5.73 Å². The van der Waals surface area contributed by atoms with Crippen molar-refractivity contribution in [3.05, 3.63) is 52.6 Å². The zero-order chi connectivity index (χ0) is 13.4. The maximum absolute atomic E-state index is 11.1. The number of nitro benzene ring substituents is 1. The summed E-state index contributed by atoms with van der Waals surface area (Å²) in [5, 5.41) is 19.1. The topological polar surface area (TPSA) is 99.9 Å². The van der Waals surface area contributed by atoms with E-state index in [2.05, 4.69) is 10.3 Å². The average molecular weight is 255 g/mol. The zero-order valence-electron chi connectivity index (χ0n) is 9.72. The molecular formula is C12H9N5O2. The van der Waals surface area contributed by atoms with Gasteiger partial charge in [0.2, 0.25) is 0 Å². The molecule has 0 spiro atoms. The van der Waals surface area contributed by atoms with E-state index in [1.54, 1.807) is 24.3 Å². The van der Waals surface area contributed by atoms with Crippen molar-refractivity contribution < 1.29 is 4.92 Å². The molecule has 2 aromatic carbocycles. The lowest BCUT2D eigenvalue weighted by Crippen LogP contribution is -2.04. The molecule has 0 fully saturated rings. The molecule has 0 aliphatic carbocycles. The Kier molecular flexibility index (Phi) is 2.38. The second-order valence-electron chi connectivity index (χ2n) is 3.96. The summed E-state index contributed by atoms with van der Waals surface area (Å²) >= 11 is 0. The number of aromatic nitrogens is 3. The van der Waals surface area contributed by atoms with Crippen molar-refractivity contribution in [2.45, 2.75) is 0 Å². The van der Waals surface area contributed by atoms with Crippen LogP contribution in [0.1, 0.15) is 0 Å². The Balaban J connectivity index is 2.33. The monoisotopic (exact) mass is 255 g/mol. The molecule has 0 aliphatic heterocycles. The van der Waals surface area contributed by atoms with Crippen LogP contribution in [-0.4, -0.2) is 19.9 Å². The van der Waals surface area contributed by atoms with Gasteiger partial charge in [0.15, 0.2) is 0 Å². The summed E-state index contributed by atoms with van der Waals surface area (Å²) in [6.07, 6.45) is 0. The van der Waals surface area contributed by atoms with E-state index in [0.717, 1.165) is 0 Å². The summed E-state index contributed by atoms with van der Waals surface area (Å²) in [6.45, 7) is 0. The Hall–Kier alpha value is -2.96. The van der Waals surface area contributed by atoms with Crippen molar-refractivity contribution >= 4 is 22.4 Å². The Labute approximate surface area is 107 Å². The van der Waals surface area contributed by atoms with E-state index in [9.17, 15) is 10.1 Å². The molecule has 94 valence electrons. The minimum atomic E-state index is -0.513. The van der Waals surface area contributed by atoms with Crippen LogP contribution in [0.2, 0.25) is 0 Å². The SMILES string of the molecule is Nc1cccc(-n2nnc3ccccc32)c1[N+](=O)[O-]. The smallest absolute Gasteiger partial charge is 0.317 e.